The molecule has 2 atom stereocenters. The molecule has 0 aromatic carbocycles. The van der Waals surface area contributed by atoms with Crippen LogP contribution < -0.4 is 0 Å². The van der Waals surface area contributed by atoms with Crippen LogP contribution in [-0.2, 0) is 4.79 Å². The van der Waals surface area contributed by atoms with Gasteiger partial charge in [0.2, 0.25) is 0 Å². The molecule has 1 aliphatic carbocycles. The summed E-state index contributed by atoms with van der Waals surface area (Å²) in [5.74, 6) is -0.531. The summed E-state index contributed by atoms with van der Waals surface area (Å²) < 4.78 is 0. The Kier molecular flexibility index (Phi) is 4.18. The van der Waals surface area contributed by atoms with E-state index in [1.54, 1.807) is 6.92 Å². The highest BCUT2D eigenvalue weighted by Crippen LogP contribution is 2.47. The highest BCUT2D eigenvalue weighted by Gasteiger charge is 2.37. The topological polar surface area (TPSA) is 37.3 Å². The number of hydrogen-bond acceptors (Lipinski definition) is 1. The number of aliphatic carboxylic acids is 1. The minimum Gasteiger partial charge on any atom is -0.481 e. The molecule has 0 spiro atoms. The van der Waals surface area contributed by atoms with Gasteiger partial charge in [-0.05, 0) is 38.0 Å². The average molecular weight is 236 g/mol. The first-order valence-corrected chi connectivity index (χ1v) is 6.35. The van der Waals surface area contributed by atoms with Gasteiger partial charge in [-0.25, -0.2) is 0 Å². The molecule has 2 nitrogen and oxygen atoms in total. The van der Waals surface area contributed by atoms with E-state index in [0.29, 0.717) is 12.3 Å². The molecule has 0 radical (unpaired) electrons. The van der Waals surface area contributed by atoms with Gasteiger partial charge in [-0.1, -0.05) is 44.1 Å². The normalized spacial score (nSPS) is 25.6. The molecule has 1 aliphatic rings. The maximum atomic E-state index is 11.0. The van der Waals surface area contributed by atoms with Crippen molar-refractivity contribution in [2.45, 2.75) is 47.5 Å². The van der Waals surface area contributed by atoms with Crippen LogP contribution in [0.25, 0.3) is 0 Å². The molecule has 2 heteroatoms. The van der Waals surface area contributed by atoms with Crippen LogP contribution in [0.5, 0.6) is 0 Å². The molecular formula is C15H24O2. The van der Waals surface area contributed by atoms with E-state index in [-0.39, 0.29) is 11.3 Å². The van der Waals surface area contributed by atoms with E-state index in [1.807, 2.05) is 6.92 Å². The number of carboxylic acids is 1. The molecule has 1 N–H and O–H groups in total. The van der Waals surface area contributed by atoms with E-state index in [2.05, 4.69) is 32.9 Å². The maximum Gasteiger partial charge on any atom is 0.306 e. The van der Waals surface area contributed by atoms with Crippen LogP contribution in [0.15, 0.2) is 23.3 Å². The molecule has 17 heavy (non-hydrogen) atoms. The number of carboxylic acid groups (broad SMARTS) is 1. The predicted octanol–water partition coefficient (Wildman–Crippen LogP) is 4.04. The lowest BCUT2D eigenvalue weighted by Crippen LogP contribution is -2.24. The standard InChI is InChI=1S/C15H24O2/c1-6-12(9-10(2)14(16)17)13-8-7-11(3)15(13,4)5/h6-7,10,13H,8-9H2,1-5H3,(H,16,17)/t10?,13-/m1/s1. The fourth-order valence-electron chi connectivity index (χ4n) is 2.64. The quantitative estimate of drug-likeness (QED) is 0.748. The van der Waals surface area contributed by atoms with Crippen LogP contribution in [0.1, 0.15) is 47.5 Å². The van der Waals surface area contributed by atoms with E-state index >= 15 is 0 Å². The van der Waals surface area contributed by atoms with Gasteiger partial charge in [0.05, 0.1) is 5.92 Å². The Labute approximate surface area is 104 Å². The highest BCUT2D eigenvalue weighted by atomic mass is 16.4. The summed E-state index contributed by atoms with van der Waals surface area (Å²) >= 11 is 0. The van der Waals surface area contributed by atoms with Crippen LogP contribution in [-0.4, -0.2) is 11.1 Å². The molecule has 0 aromatic heterocycles. The van der Waals surface area contributed by atoms with Crippen LogP contribution in [0.3, 0.4) is 0 Å². The average Bonchev–Trinajstić information content (AvgIpc) is 2.51. The van der Waals surface area contributed by atoms with Gasteiger partial charge >= 0.3 is 5.97 Å². The second-order valence-corrected chi connectivity index (χ2v) is 5.70. The van der Waals surface area contributed by atoms with Gasteiger partial charge in [0.25, 0.3) is 0 Å². The molecule has 0 bridgehead atoms. The minimum atomic E-state index is -0.704. The zero-order valence-electron chi connectivity index (χ0n) is 11.6. The summed E-state index contributed by atoms with van der Waals surface area (Å²) in [4.78, 5) is 11.0. The van der Waals surface area contributed by atoms with E-state index < -0.39 is 5.97 Å². The molecule has 1 unspecified atom stereocenters. The summed E-state index contributed by atoms with van der Waals surface area (Å²) in [7, 11) is 0. The first kappa shape index (κ1) is 14.0. The number of hydrogen-bond donors (Lipinski definition) is 1. The summed E-state index contributed by atoms with van der Waals surface area (Å²) in [6.45, 7) is 10.5. The van der Waals surface area contributed by atoms with Crippen molar-refractivity contribution in [3.63, 3.8) is 0 Å². The second-order valence-electron chi connectivity index (χ2n) is 5.70. The van der Waals surface area contributed by atoms with Crippen LogP contribution in [0, 0.1) is 17.3 Å². The molecule has 1 rings (SSSR count). The lowest BCUT2D eigenvalue weighted by Gasteiger charge is -2.32. The third-order valence-corrected chi connectivity index (χ3v) is 4.33. The van der Waals surface area contributed by atoms with Gasteiger partial charge in [-0.2, -0.15) is 0 Å². The molecular weight excluding hydrogens is 212 g/mol. The Balaban J connectivity index is 2.82. The largest absolute Gasteiger partial charge is 0.481 e. The van der Waals surface area contributed by atoms with Crippen molar-refractivity contribution < 1.29 is 9.90 Å². The molecule has 0 saturated heterocycles. The van der Waals surface area contributed by atoms with E-state index in [0.717, 1.165) is 6.42 Å². The van der Waals surface area contributed by atoms with E-state index in [1.165, 1.54) is 11.1 Å². The number of carbonyl (C=O) groups is 1. The molecule has 0 amide bonds. The van der Waals surface area contributed by atoms with Crippen molar-refractivity contribution in [2.24, 2.45) is 17.3 Å². The number of allylic oxidation sites excluding steroid dienone is 4. The Morgan fingerprint density at radius 3 is 2.59 bits per heavy atom. The predicted molar refractivity (Wildman–Crippen MR) is 70.8 cm³/mol. The van der Waals surface area contributed by atoms with Crippen molar-refractivity contribution in [2.75, 3.05) is 0 Å². The molecule has 0 fully saturated rings. The first-order valence-electron chi connectivity index (χ1n) is 6.35. The Bertz CT molecular complexity index is 361. The SMILES string of the molecule is CC=C(CC(C)C(=O)O)[C@H]1CC=C(C)C1(C)C. The van der Waals surface area contributed by atoms with E-state index in [9.17, 15) is 4.79 Å². The fourth-order valence-corrected chi connectivity index (χ4v) is 2.64. The number of rotatable bonds is 4. The molecule has 0 saturated carbocycles. The molecule has 0 aliphatic heterocycles. The zero-order chi connectivity index (χ0) is 13.2. The summed E-state index contributed by atoms with van der Waals surface area (Å²) in [5, 5.41) is 9.01. The van der Waals surface area contributed by atoms with Gasteiger partial charge in [0.1, 0.15) is 0 Å². The van der Waals surface area contributed by atoms with Crippen LogP contribution in [0.2, 0.25) is 0 Å². The molecule has 0 aromatic rings. The molecule has 0 heterocycles. The lowest BCUT2D eigenvalue weighted by molar-refractivity contribution is -0.141. The van der Waals surface area contributed by atoms with Crippen molar-refractivity contribution in [3.8, 4) is 0 Å². The Hall–Kier alpha value is -1.05. The third-order valence-electron chi connectivity index (χ3n) is 4.33. The van der Waals surface area contributed by atoms with Crippen molar-refractivity contribution in [3.05, 3.63) is 23.3 Å². The van der Waals surface area contributed by atoms with Gasteiger partial charge in [0.15, 0.2) is 0 Å². The Morgan fingerprint density at radius 1 is 1.65 bits per heavy atom. The van der Waals surface area contributed by atoms with Crippen molar-refractivity contribution in [1.82, 2.24) is 0 Å². The monoisotopic (exact) mass is 236 g/mol. The third kappa shape index (κ3) is 2.80. The minimum absolute atomic E-state index is 0.167. The van der Waals surface area contributed by atoms with Gasteiger partial charge in [-0.3, -0.25) is 4.79 Å². The zero-order valence-corrected chi connectivity index (χ0v) is 11.6. The smallest absolute Gasteiger partial charge is 0.306 e. The van der Waals surface area contributed by atoms with Crippen LogP contribution >= 0.6 is 0 Å². The van der Waals surface area contributed by atoms with Crippen LogP contribution in [0.4, 0.5) is 0 Å². The summed E-state index contributed by atoms with van der Waals surface area (Å²) in [6.07, 6.45) is 6.11. The first-order chi connectivity index (χ1) is 7.80. The Morgan fingerprint density at radius 2 is 2.24 bits per heavy atom. The second kappa shape index (κ2) is 5.07. The van der Waals surface area contributed by atoms with Crippen molar-refractivity contribution in [1.29, 1.82) is 0 Å². The van der Waals surface area contributed by atoms with Gasteiger partial charge in [0, 0.05) is 0 Å². The van der Waals surface area contributed by atoms with Crippen molar-refractivity contribution >= 4 is 5.97 Å². The fraction of sp³-hybridized carbons (Fsp3) is 0.667. The summed E-state index contributed by atoms with van der Waals surface area (Å²) in [6, 6.07) is 0. The molecule has 96 valence electrons. The highest BCUT2D eigenvalue weighted by molar-refractivity contribution is 5.69. The lowest BCUT2D eigenvalue weighted by atomic mass is 9.72. The van der Waals surface area contributed by atoms with Gasteiger partial charge in [-0.15, -0.1) is 0 Å². The van der Waals surface area contributed by atoms with E-state index in [4.69, 9.17) is 5.11 Å². The summed E-state index contributed by atoms with van der Waals surface area (Å²) in [5.41, 5.74) is 2.88. The maximum absolute atomic E-state index is 11.0. The van der Waals surface area contributed by atoms with Gasteiger partial charge < -0.3 is 5.11 Å².